The molecule has 0 heterocycles. The zero-order chi connectivity index (χ0) is 9.56. The highest BCUT2D eigenvalue weighted by molar-refractivity contribution is 5.94. The fraction of sp³-hybridized carbons (Fsp3) is 0.400. The summed E-state index contributed by atoms with van der Waals surface area (Å²) in [6.45, 7) is 13.2. The van der Waals surface area contributed by atoms with Crippen LogP contribution in [0.2, 0.25) is 0 Å². The molecular formula is C10H16N2. The Morgan fingerprint density at radius 2 is 2.00 bits per heavy atom. The summed E-state index contributed by atoms with van der Waals surface area (Å²) in [6, 6.07) is 0.291. The van der Waals surface area contributed by atoms with Crippen LogP contribution in [0.3, 0.4) is 0 Å². The van der Waals surface area contributed by atoms with Crippen molar-refractivity contribution in [1.29, 1.82) is 0 Å². The van der Waals surface area contributed by atoms with Crippen molar-refractivity contribution in [1.82, 2.24) is 0 Å². The molecule has 0 aliphatic heterocycles. The number of aliphatic imine (C=N–C) groups is 2. The molecule has 0 saturated heterocycles. The van der Waals surface area contributed by atoms with Crippen molar-refractivity contribution >= 4 is 12.1 Å². The first-order valence-corrected chi connectivity index (χ1v) is 3.96. The van der Waals surface area contributed by atoms with E-state index >= 15 is 0 Å². The second-order valence-electron chi connectivity index (χ2n) is 2.81. The summed E-state index contributed by atoms with van der Waals surface area (Å²) in [5, 5.41) is 0. The van der Waals surface area contributed by atoms with Gasteiger partial charge in [-0.3, -0.25) is 4.99 Å². The molecule has 0 aliphatic rings. The van der Waals surface area contributed by atoms with E-state index < -0.39 is 0 Å². The highest BCUT2D eigenvalue weighted by atomic mass is 14.9. The van der Waals surface area contributed by atoms with Crippen LogP contribution in [-0.4, -0.2) is 18.1 Å². The van der Waals surface area contributed by atoms with Crippen LogP contribution in [0.4, 0.5) is 0 Å². The van der Waals surface area contributed by atoms with Crippen molar-refractivity contribution in [2.75, 3.05) is 0 Å². The van der Waals surface area contributed by atoms with E-state index in [9.17, 15) is 0 Å². The first-order chi connectivity index (χ1) is 5.56. The van der Waals surface area contributed by atoms with Crippen molar-refractivity contribution < 1.29 is 0 Å². The summed E-state index contributed by atoms with van der Waals surface area (Å²) in [6.07, 6.45) is 3.32. The van der Waals surface area contributed by atoms with Gasteiger partial charge in [-0.2, -0.15) is 0 Å². The van der Waals surface area contributed by atoms with Crippen LogP contribution in [0.1, 0.15) is 20.8 Å². The molecule has 0 radical (unpaired) electrons. The fourth-order valence-corrected chi connectivity index (χ4v) is 0.636. The molecular weight excluding hydrogens is 148 g/mol. The second kappa shape index (κ2) is 5.47. The lowest BCUT2D eigenvalue weighted by molar-refractivity contribution is 0.833. The minimum absolute atomic E-state index is 0.291. The van der Waals surface area contributed by atoms with E-state index in [2.05, 4.69) is 23.1 Å². The van der Waals surface area contributed by atoms with Gasteiger partial charge in [-0.05, 0) is 26.3 Å². The zero-order valence-electron chi connectivity index (χ0n) is 8.04. The van der Waals surface area contributed by atoms with Crippen LogP contribution in [-0.2, 0) is 0 Å². The van der Waals surface area contributed by atoms with E-state index in [0.717, 1.165) is 11.4 Å². The number of hydrogen-bond acceptors (Lipinski definition) is 1. The monoisotopic (exact) mass is 164 g/mol. The van der Waals surface area contributed by atoms with Gasteiger partial charge in [0.15, 0.2) is 0 Å². The highest BCUT2D eigenvalue weighted by Gasteiger charge is 1.88. The predicted octanol–water partition coefficient (Wildman–Crippen LogP) is 2.63. The molecule has 66 valence electrons. The Balaban J connectivity index is 4.16. The van der Waals surface area contributed by atoms with E-state index in [1.165, 1.54) is 0 Å². The molecule has 2 nitrogen and oxygen atoms in total. The molecule has 0 spiro atoms. The number of nitrogens with zero attached hydrogens (tertiary/aromatic N) is 2. The van der Waals surface area contributed by atoms with Crippen molar-refractivity contribution in [3.63, 3.8) is 0 Å². The summed E-state index contributed by atoms with van der Waals surface area (Å²) in [7, 11) is 0. The zero-order valence-corrected chi connectivity index (χ0v) is 8.04. The largest absolute Gasteiger partial charge is 0.268 e. The van der Waals surface area contributed by atoms with E-state index in [0.29, 0.717) is 6.04 Å². The van der Waals surface area contributed by atoms with Gasteiger partial charge in [0, 0.05) is 12.3 Å². The van der Waals surface area contributed by atoms with E-state index in [4.69, 9.17) is 0 Å². The van der Waals surface area contributed by atoms with E-state index in [1.54, 1.807) is 12.3 Å². The third-order valence-electron chi connectivity index (χ3n) is 1.12. The summed E-state index contributed by atoms with van der Waals surface area (Å²) in [5.74, 6) is 0.771. The average Bonchev–Trinajstić information content (AvgIpc) is 1.99. The Morgan fingerprint density at radius 1 is 1.42 bits per heavy atom. The number of amidine groups is 1. The van der Waals surface area contributed by atoms with Crippen LogP contribution in [0.5, 0.6) is 0 Å². The molecule has 0 unspecified atom stereocenters. The molecule has 0 fully saturated rings. The first kappa shape index (κ1) is 10.8. The fourth-order valence-electron chi connectivity index (χ4n) is 0.636. The minimum atomic E-state index is 0.291. The quantitative estimate of drug-likeness (QED) is 0.348. The van der Waals surface area contributed by atoms with Crippen molar-refractivity contribution in [3.8, 4) is 0 Å². The van der Waals surface area contributed by atoms with E-state index in [1.807, 2.05) is 20.8 Å². The molecule has 0 aliphatic carbocycles. The lowest BCUT2D eigenvalue weighted by Crippen LogP contribution is -1.95. The lowest BCUT2D eigenvalue weighted by atomic mass is 10.3. The number of rotatable bonds is 3. The van der Waals surface area contributed by atoms with Crippen LogP contribution in [0.15, 0.2) is 34.8 Å². The predicted molar refractivity (Wildman–Crippen MR) is 56.1 cm³/mol. The van der Waals surface area contributed by atoms with Gasteiger partial charge in [-0.15, -0.1) is 0 Å². The number of allylic oxidation sites excluding steroid dienone is 2. The van der Waals surface area contributed by atoms with Gasteiger partial charge in [-0.25, -0.2) is 4.99 Å². The highest BCUT2D eigenvalue weighted by Crippen LogP contribution is 1.91. The Bertz CT molecular complexity index is 222. The molecule has 0 aromatic heterocycles. The van der Waals surface area contributed by atoms with Crippen LogP contribution in [0, 0.1) is 0 Å². The van der Waals surface area contributed by atoms with E-state index in [-0.39, 0.29) is 0 Å². The number of hydrogen-bond donors (Lipinski definition) is 0. The SMILES string of the molecule is C=CC(=C)C=NC(C)=NC(C)C. The third-order valence-corrected chi connectivity index (χ3v) is 1.12. The maximum absolute atomic E-state index is 4.23. The standard InChI is InChI=1S/C10H16N2/c1-6-9(4)7-11-10(5)12-8(2)3/h6-8H,1,4H2,2-3,5H3. The molecule has 0 rings (SSSR count). The second-order valence-corrected chi connectivity index (χ2v) is 2.81. The minimum Gasteiger partial charge on any atom is -0.268 e. The molecule has 0 bridgehead atoms. The van der Waals surface area contributed by atoms with Crippen molar-refractivity contribution in [2.24, 2.45) is 9.98 Å². The van der Waals surface area contributed by atoms with Gasteiger partial charge < -0.3 is 0 Å². The molecule has 0 aromatic rings. The molecule has 2 heteroatoms. The maximum atomic E-state index is 4.23. The van der Waals surface area contributed by atoms with Crippen LogP contribution < -0.4 is 0 Å². The molecule has 12 heavy (non-hydrogen) atoms. The molecule has 0 aromatic carbocycles. The normalized spacial score (nSPS) is 12.5. The van der Waals surface area contributed by atoms with Gasteiger partial charge in [-0.1, -0.05) is 19.2 Å². The molecule has 0 saturated carbocycles. The van der Waals surface area contributed by atoms with Gasteiger partial charge in [0.2, 0.25) is 0 Å². The average molecular weight is 164 g/mol. The van der Waals surface area contributed by atoms with Gasteiger partial charge in [0.05, 0.1) is 0 Å². The first-order valence-electron chi connectivity index (χ1n) is 3.96. The summed E-state index contributed by atoms with van der Waals surface area (Å²) >= 11 is 0. The van der Waals surface area contributed by atoms with Crippen LogP contribution >= 0.6 is 0 Å². The molecule has 0 N–H and O–H groups in total. The van der Waals surface area contributed by atoms with Crippen LogP contribution in [0.25, 0.3) is 0 Å². The Morgan fingerprint density at radius 3 is 2.42 bits per heavy atom. The Kier molecular flexibility index (Phi) is 4.93. The van der Waals surface area contributed by atoms with Crippen molar-refractivity contribution in [3.05, 3.63) is 24.8 Å². The van der Waals surface area contributed by atoms with Gasteiger partial charge >= 0.3 is 0 Å². The van der Waals surface area contributed by atoms with Gasteiger partial charge in [0.1, 0.15) is 5.84 Å². The van der Waals surface area contributed by atoms with Crippen molar-refractivity contribution in [2.45, 2.75) is 26.8 Å². The Labute approximate surface area is 74.4 Å². The topological polar surface area (TPSA) is 24.7 Å². The third kappa shape index (κ3) is 5.59. The van der Waals surface area contributed by atoms with Gasteiger partial charge in [0.25, 0.3) is 0 Å². The smallest absolute Gasteiger partial charge is 0.120 e. The lowest BCUT2D eigenvalue weighted by Gasteiger charge is -1.96. The summed E-state index contributed by atoms with van der Waals surface area (Å²) in [5.41, 5.74) is 0.799. The summed E-state index contributed by atoms with van der Waals surface area (Å²) in [4.78, 5) is 8.32. The Hall–Kier alpha value is -1.18. The molecule has 0 amide bonds. The molecule has 0 atom stereocenters. The summed E-state index contributed by atoms with van der Waals surface area (Å²) < 4.78 is 0. The maximum Gasteiger partial charge on any atom is 0.120 e.